The first-order valence-corrected chi connectivity index (χ1v) is 6.31. The van der Waals surface area contributed by atoms with Crippen LogP contribution in [0.5, 0.6) is 0 Å². The molecule has 1 amide bonds. The lowest BCUT2D eigenvalue weighted by atomic mass is 9.86. The van der Waals surface area contributed by atoms with Crippen LogP contribution in [0.25, 0.3) is 0 Å². The molecule has 0 saturated heterocycles. The molecule has 0 radical (unpaired) electrons. The largest absolute Gasteiger partial charge is 0.480 e. The predicted octanol–water partition coefficient (Wildman–Crippen LogP) is 2.88. The van der Waals surface area contributed by atoms with Gasteiger partial charge in [-0.3, -0.25) is 4.79 Å². The highest BCUT2D eigenvalue weighted by atomic mass is 35.5. The topological polar surface area (TPSA) is 66.4 Å². The number of rotatable bonds is 3. The Kier molecular flexibility index (Phi) is 4.58. The van der Waals surface area contributed by atoms with Crippen molar-refractivity contribution >= 4 is 23.5 Å². The number of aliphatic carboxylic acids is 1. The number of hydrogen-bond donors (Lipinski definition) is 2. The van der Waals surface area contributed by atoms with Gasteiger partial charge >= 0.3 is 5.97 Å². The molecule has 0 heterocycles. The van der Waals surface area contributed by atoms with Crippen molar-refractivity contribution in [1.29, 1.82) is 0 Å². The molecule has 0 fully saturated rings. The summed E-state index contributed by atoms with van der Waals surface area (Å²) < 4.78 is 0. The van der Waals surface area contributed by atoms with E-state index in [9.17, 15) is 14.7 Å². The van der Waals surface area contributed by atoms with E-state index in [-0.39, 0.29) is 5.56 Å². The molecule has 104 valence electrons. The van der Waals surface area contributed by atoms with Gasteiger partial charge in [-0.1, -0.05) is 44.5 Å². The summed E-state index contributed by atoms with van der Waals surface area (Å²) in [6, 6.07) is 4.10. The van der Waals surface area contributed by atoms with Crippen LogP contribution in [-0.4, -0.2) is 23.0 Å². The van der Waals surface area contributed by atoms with Crippen molar-refractivity contribution in [2.45, 2.75) is 33.7 Å². The lowest BCUT2D eigenvalue weighted by Crippen LogP contribution is -2.49. The number of carboxylic acids is 1. The Hall–Kier alpha value is -1.55. The lowest BCUT2D eigenvalue weighted by Gasteiger charge is -2.27. The third-order valence-electron chi connectivity index (χ3n) is 2.82. The van der Waals surface area contributed by atoms with Gasteiger partial charge in [-0.2, -0.15) is 0 Å². The Morgan fingerprint density at radius 1 is 1.32 bits per heavy atom. The van der Waals surface area contributed by atoms with E-state index in [1.54, 1.807) is 45.9 Å². The Labute approximate surface area is 117 Å². The van der Waals surface area contributed by atoms with Crippen molar-refractivity contribution in [3.05, 3.63) is 34.3 Å². The molecule has 1 aromatic carbocycles. The number of carboxylic acid groups (broad SMARTS) is 1. The van der Waals surface area contributed by atoms with Gasteiger partial charge in [0.1, 0.15) is 6.04 Å². The molecule has 1 aromatic rings. The maximum absolute atomic E-state index is 12.1. The zero-order chi connectivity index (χ0) is 14.8. The van der Waals surface area contributed by atoms with Crippen molar-refractivity contribution in [3.8, 4) is 0 Å². The van der Waals surface area contributed by atoms with E-state index in [0.717, 1.165) is 5.56 Å². The van der Waals surface area contributed by atoms with Gasteiger partial charge in [0.05, 0.1) is 10.6 Å². The van der Waals surface area contributed by atoms with Crippen molar-refractivity contribution in [2.75, 3.05) is 0 Å². The first kappa shape index (κ1) is 15.5. The number of aryl methyl sites for hydroxylation is 1. The Balaban J connectivity index is 3.02. The molecule has 0 bridgehead atoms. The van der Waals surface area contributed by atoms with E-state index in [4.69, 9.17) is 11.6 Å². The maximum atomic E-state index is 12.1. The molecule has 0 aliphatic carbocycles. The molecule has 1 atom stereocenters. The van der Waals surface area contributed by atoms with E-state index < -0.39 is 23.3 Å². The summed E-state index contributed by atoms with van der Waals surface area (Å²) in [5, 5.41) is 12.0. The summed E-state index contributed by atoms with van der Waals surface area (Å²) in [5.41, 5.74) is 0.478. The molecule has 1 rings (SSSR count). The molecule has 19 heavy (non-hydrogen) atoms. The highest BCUT2D eigenvalue weighted by Gasteiger charge is 2.33. The summed E-state index contributed by atoms with van der Waals surface area (Å²) in [4.78, 5) is 23.3. The zero-order valence-corrected chi connectivity index (χ0v) is 12.2. The Morgan fingerprint density at radius 2 is 1.89 bits per heavy atom. The second kappa shape index (κ2) is 5.61. The van der Waals surface area contributed by atoms with E-state index >= 15 is 0 Å². The molecule has 0 saturated carbocycles. The fourth-order valence-corrected chi connectivity index (χ4v) is 1.89. The van der Waals surface area contributed by atoms with Crippen molar-refractivity contribution in [2.24, 2.45) is 5.41 Å². The third kappa shape index (κ3) is 3.70. The molecule has 2 N–H and O–H groups in total. The third-order valence-corrected chi connectivity index (χ3v) is 3.33. The van der Waals surface area contributed by atoms with E-state index in [0.29, 0.717) is 5.02 Å². The van der Waals surface area contributed by atoms with Crippen LogP contribution in [0.15, 0.2) is 18.2 Å². The van der Waals surface area contributed by atoms with Gasteiger partial charge in [0, 0.05) is 0 Å². The number of amides is 1. The van der Waals surface area contributed by atoms with Crippen LogP contribution in [0.1, 0.15) is 36.7 Å². The van der Waals surface area contributed by atoms with Crippen molar-refractivity contribution in [1.82, 2.24) is 5.32 Å². The van der Waals surface area contributed by atoms with Crippen LogP contribution in [0.2, 0.25) is 5.02 Å². The van der Waals surface area contributed by atoms with Crippen LogP contribution < -0.4 is 5.32 Å². The number of nitrogens with one attached hydrogen (secondary N) is 1. The van der Waals surface area contributed by atoms with Gasteiger partial charge in [-0.05, 0) is 24.0 Å². The van der Waals surface area contributed by atoms with Gasteiger partial charge in [0.15, 0.2) is 0 Å². The van der Waals surface area contributed by atoms with Gasteiger partial charge in [0.2, 0.25) is 0 Å². The summed E-state index contributed by atoms with van der Waals surface area (Å²) in [6.07, 6.45) is 0. The molecule has 5 heteroatoms. The van der Waals surface area contributed by atoms with E-state index in [1.165, 1.54) is 0 Å². The first-order chi connectivity index (χ1) is 8.64. The lowest BCUT2D eigenvalue weighted by molar-refractivity contribution is -0.142. The van der Waals surface area contributed by atoms with Crippen molar-refractivity contribution in [3.63, 3.8) is 0 Å². The summed E-state index contributed by atoms with van der Waals surface area (Å²) in [6.45, 7) is 7.05. The highest BCUT2D eigenvalue weighted by molar-refractivity contribution is 6.34. The van der Waals surface area contributed by atoms with E-state index in [1.807, 2.05) is 0 Å². The molecule has 0 aliphatic heterocycles. The van der Waals surface area contributed by atoms with Crippen LogP contribution in [0, 0.1) is 12.3 Å². The SMILES string of the molecule is Cc1cccc(C(=O)N[C@H](C(=O)O)C(C)(C)C)c1Cl. The molecule has 0 aliphatic rings. The second-order valence-electron chi connectivity index (χ2n) is 5.55. The van der Waals surface area contributed by atoms with Crippen LogP contribution >= 0.6 is 11.6 Å². The second-order valence-corrected chi connectivity index (χ2v) is 5.93. The number of hydrogen-bond acceptors (Lipinski definition) is 2. The number of halogens is 1. The molecular weight excluding hydrogens is 266 g/mol. The first-order valence-electron chi connectivity index (χ1n) is 5.93. The fraction of sp³-hybridized carbons (Fsp3) is 0.429. The number of carbonyl (C=O) groups is 2. The average Bonchev–Trinajstić information content (AvgIpc) is 2.27. The normalized spacial score (nSPS) is 12.9. The maximum Gasteiger partial charge on any atom is 0.326 e. The molecule has 0 unspecified atom stereocenters. The Bertz CT molecular complexity index is 506. The minimum absolute atomic E-state index is 0.289. The summed E-state index contributed by atoms with van der Waals surface area (Å²) in [5.74, 6) is -1.54. The highest BCUT2D eigenvalue weighted by Crippen LogP contribution is 2.23. The average molecular weight is 284 g/mol. The smallest absolute Gasteiger partial charge is 0.326 e. The number of benzene rings is 1. The minimum atomic E-state index is -1.07. The van der Waals surface area contributed by atoms with Gasteiger partial charge < -0.3 is 10.4 Å². The monoisotopic (exact) mass is 283 g/mol. The Morgan fingerprint density at radius 3 is 2.37 bits per heavy atom. The number of carbonyl (C=O) groups excluding carboxylic acids is 1. The molecule has 0 aromatic heterocycles. The van der Waals surface area contributed by atoms with Crippen LogP contribution in [-0.2, 0) is 4.79 Å². The standard InChI is InChI=1S/C14H18ClNO3/c1-8-6-5-7-9(10(8)15)12(17)16-11(13(18)19)14(2,3)4/h5-7,11H,1-4H3,(H,16,17)(H,18,19)/t11-/m1/s1. The molecule has 0 spiro atoms. The molecule has 4 nitrogen and oxygen atoms in total. The van der Waals surface area contributed by atoms with Gasteiger partial charge in [0.25, 0.3) is 5.91 Å². The van der Waals surface area contributed by atoms with Crippen LogP contribution in [0.3, 0.4) is 0 Å². The zero-order valence-electron chi connectivity index (χ0n) is 11.5. The van der Waals surface area contributed by atoms with Crippen LogP contribution in [0.4, 0.5) is 0 Å². The summed E-state index contributed by atoms with van der Waals surface area (Å²) in [7, 11) is 0. The predicted molar refractivity (Wildman–Crippen MR) is 74.5 cm³/mol. The minimum Gasteiger partial charge on any atom is -0.480 e. The molecular formula is C14H18ClNO3. The fourth-order valence-electron chi connectivity index (χ4n) is 1.68. The van der Waals surface area contributed by atoms with Gasteiger partial charge in [-0.15, -0.1) is 0 Å². The van der Waals surface area contributed by atoms with Gasteiger partial charge in [-0.25, -0.2) is 4.79 Å². The van der Waals surface area contributed by atoms with Crippen molar-refractivity contribution < 1.29 is 14.7 Å². The quantitative estimate of drug-likeness (QED) is 0.896. The van der Waals surface area contributed by atoms with E-state index in [2.05, 4.69) is 5.32 Å². The summed E-state index contributed by atoms with van der Waals surface area (Å²) >= 11 is 6.06.